The number of aryl methyl sites for hydroxylation is 1. The highest BCUT2D eigenvalue weighted by molar-refractivity contribution is 7.89. The van der Waals surface area contributed by atoms with Gasteiger partial charge in [-0.1, -0.05) is 11.6 Å². The zero-order valence-corrected chi connectivity index (χ0v) is 17.2. The van der Waals surface area contributed by atoms with Gasteiger partial charge < -0.3 is 9.32 Å². The van der Waals surface area contributed by atoms with E-state index in [1.54, 1.807) is 30.3 Å². The lowest BCUT2D eigenvalue weighted by Gasteiger charge is -2.33. The highest BCUT2D eigenvalue weighted by atomic mass is 32.2. The van der Waals surface area contributed by atoms with Crippen molar-refractivity contribution in [3.8, 4) is 0 Å². The second kappa shape index (κ2) is 7.69. The van der Waals surface area contributed by atoms with Crippen LogP contribution in [0.3, 0.4) is 0 Å². The largest absolute Gasteiger partial charge is 0.459 e. The Balaban J connectivity index is 1.36. The lowest BCUT2D eigenvalue weighted by Crippen LogP contribution is -2.51. The lowest BCUT2D eigenvalue weighted by molar-refractivity contribution is 0.0648. The van der Waals surface area contributed by atoms with Gasteiger partial charge in [0.1, 0.15) is 0 Å². The molecule has 0 aliphatic carbocycles. The third kappa shape index (κ3) is 3.63. The summed E-state index contributed by atoms with van der Waals surface area (Å²) in [5.74, 6) is -1.36. The molecule has 0 atom stereocenters. The quantitative estimate of drug-likeness (QED) is 0.653. The van der Waals surface area contributed by atoms with Gasteiger partial charge in [0.05, 0.1) is 23.1 Å². The minimum absolute atomic E-state index is 0.149. The van der Waals surface area contributed by atoms with E-state index in [-0.39, 0.29) is 50.1 Å². The summed E-state index contributed by atoms with van der Waals surface area (Å²) >= 11 is 0. The number of benzene rings is 1. The van der Waals surface area contributed by atoms with E-state index in [1.807, 2.05) is 6.92 Å². The molecule has 0 spiro atoms. The van der Waals surface area contributed by atoms with Crippen LogP contribution < -0.4 is 0 Å². The molecule has 3 heterocycles. The number of nitrogens with zero attached hydrogens (tertiary/aromatic N) is 3. The number of fused-ring (bicyclic) bond motifs is 1. The summed E-state index contributed by atoms with van der Waals surface area (Å²) in [6.45, 7) is 2.39. The molecule has 1 aromatic heterocycles. The first-order chi connectivity index (χ1) is 14.3. The molecule has 0 unspecified atom stereocenters. The maximum atomic E-state index is 12.7. The van der Waals surface area contributed by atoms with E-state index in [4.69, 9.17) is 4.42 Å². The molecular formula is C20H21N3O6S. The predicted octanol–water partition coefficient (Wildman–Crippen LogP) is 0.972. The van der Waals surface area contributed by atoms with Crippen LogP contribution in [0.5, 0.6) is 0 Å². The Morgan fingerprint density at radius 3 is 2.40 bits per heavy atom. The topological polar surface area (TPSA) is 108 Å². The van der Waals surface area contributed by atoms with Gasteiger partial charge in [-0.25, -0.2) is 8.42 Å². The number of amides is 3. The number of sulfonamides is 1. The number of carbonyl (C=O) groups excluding carboxylic acids is 3. The van der Waals surface area contributed by atoms with Gasteiger partial charge in [-0.05, 0) is 31.2 Å². The standard InChI is InChI=1S/C20H21N3O6S/c1-14-4-5-15-16(13-14)19(25)23(18(15)24)10-12-30(27,28)22-8-6-21(7-9-22)20(26)17-3-2-11-29-17/h2-5,11,13H,6-10,12H2,1H3. The fourth-order valence-corrected chi connectivity index (χ4v) is 5.06. The molecule has 2 aliphatic rings. The van der Waals surface area contributed by atoms with Crippen LogP contribution in [0.2, 0.25) is 0 Å². The van der Waals surface area contributed by atoms with Crippen molar-refractivity contribution in [2.75, 3.05) is 38.5 Å². The lowest BCUT2D eigenvalue weighted by atomic mass is 10.1. The summed E-state index contributed by atoms with van der Waals surface area (Å²) < 4.78 is 31.9. The molecule has 3 amide bonds. The average Bonchev–Trinajstić information content (AvgIpc) is 3.34. The third-order valence-corrected chi connectivity index (χ3v) is 7.20. The molecular weight excluding hydrogens is 410 g/mol. The van der Waals surface area contributed by atoms with Crippen LogP contribution in [0.1, 0.15) is 36.8 Å². The number of imide groups is 1. The van der Waals surface area contributed by atoms with Gasteiger partial charge in [0, 0.05) is 32.7 Å². The number of carbonyl (C=O) groups is 3. The van der Waals surface area contributed by atoms with E-state index in [0.29, 0.717) is 11.1 Å². The molecule has 0 saturated carbocycles. The zero-order chi connectivity index (χ0) is 21.5. The normalized spacial score (nSPS) is 17.5. The number of piperazine rings is 1. The molecule has 4 rings (SSSR count). The summed E-state index contributed by atoms with van der Waals surface area (Å²) in [5.41, 5.74) is 1.46. The molecule has 30 heavy (non-hydrogen) atoms. The van der Waals surface area contributed by atoms with Gasteiger partial charge in [0.15, 0.2) is 5.76 Å². The molecule has 158 valence electrons. The van der Waals surface area contributed by atoms with E-state index in [2.05, 4.69) is 0 Å². The van der Waals surface area contributed by atoms with Crippen molar-refractivity contribution >= 4 is 27.7 Å². The highest BCUT2D eigenvalue weighted by Crippen LogP contribution is 2.24. The van der Waals surface area contributed by atoms with E-state index < -0.39 is 21.8 Å². The zero-order valence-electron chi connectivity index (χ0n) is 16.4. The number of rotatable bonds is 5. The molecule has 9 nitrogen and oxygen atoms in total. The first-order valence-corrected chi connectivity index (χ1v) is 11.2. The van der Waals surface area contributed by atoms with Gasteiger partial charge in [-0.15, -0.1) is 0 Å². The SMILES string of the molecule is Cc1ccc2c(c1)C(=O)N(CCS(=O)(=O)N1CCN(C(=O)c3ccco3)CC1)C2=O. The second-order valence-electron chi connectivity index (χ2n) is 7.30. The average molecular weight is 431 g/mol. The van der Waals surface area contributed by atoms with E-state index in [1.165, 1.54) is 15.5 Å². The van der Waals surface area contributed by atoms with Crippen LogP contribution in [-0.2, 0) is 10.0 Å². The molecule has 0 radical (unpaired) electrons. The molecule has 2 aromatic rings. The molecule has 1 saturated heterocycles. The van der Waals surface area contributed by atoms with Crippen LogP contribution in [0.25, 0.3) is 0 Å². The summed E-state index contributed by atoms with van der Waals surface area (Å²) in [7, 11) is -3.69. The minimum atomic E-state index is -3.69. The van der Waals surface area contributed by atoms with E-state index >= 15 is 0 Å². The number of furan rings is 1. The molecule has 2 aliphatic heterocycles. The van der Waals surface area contributed by atoms with Crippen molar-refractivity contribution in [1.82, 2.24) is 14.1 Å². The molecule has 0 N–H and O–H groups in total. The van der Waals surface area contributed by atoms with Crippen molar-refractivity contribution in [3.63, 3.8) is 0 Å². The highest BCUT2D eigenvalue weighted by Gasteiger charge is 2.37. The van der Waals surface area contributed by atoms with Crippen molar-refractivity contribution in [3.05, 3.63) is 59.0 Å². The van der Waals surface area contributed by atoms with Gasteiger partial charge >= 0.3 is 0 Å². The Labute approximate surface area is 173 Å². The fraction of sp³-hybridized carbons (Fsp3) is 0.350. The monoisotopic (exact) mass is 431 g/mol. The Kier molecular flexibility index (Phi) is 5.20. The van der Waals surface area contributed by atoms with Crippen LogP contribution in [-0.4, -0.2) is 78.7 Å². The second-order valence-corrected chi connectivity index (χ2v) is 9.38. The molecule has 0 bridgehead atoms. The van der Waals surface area contributed by atoms with Crippen LogP contribution in [0.15, 0.2) is 41.0 Å². The molecule has 1 fully saturated rings. The smallest absolute Gasteiger partial charge is 0.289 e. The Hall–Kier alpha value is -2.98. The maximum absolute atomic E-state index is 12.7. The molecule has 10 heteroatoms. The van der Waals surface area contributed by atoms with Crippen LogP contribution in [0.4, 0.5) is 0 Å². The van der Waals surface area contributed by atoms with Crippen molar-refractivity contribution in [2.24, 2.45) is 0 Å². The summed E-state index contributed by atoms with van der Waals surface area (Å²) in [6.07, 6.45) is 1.41. The van der Waals surface area contributed by atoms with Crippen molar-refractivity contribution < 1.29 is 27.2 Å². The fourth-order valence-electron chi connectivity index (χ4n) is 3.67. The number of hydrogen-bond acceptors (Lipinski definition) is 6. The third-order valence-electron chi connectivity index (χ3n) is 5.35. The number of hydrogen-bond donors (Lipinski definition) is 0. The van der Waals surface area contributed by atoms with Crippen molar-refractivity contribution in [2.45, 2.75) is 6.92 Å². The van der Waals surface area contributed by atoms with Gasteiger partial charge in [-0.3, -0.25) is 19.3 Å². The van der Waals surface area contributed by atoms with Crippen LogP contribution in [0, 0.1) is 6.92 Å². The van der Waals surface area contributed by atoms with Gasteiger partial charge in [-0.2, -0.15) is 4.31 Å². The Bertz CT molecular complexity index is 1100. The maximum Gasteiger partial charge on any atom is 0.289 e. The Morgan fingerprint density at radius 2 is 1.73 bits per heavy atom. The van der Waals surface area contributed by atoms with Gasteiger partial charge in [0.25, 0.3) is 17.7 Å². The van der Waals surface area contributed by atoms with E-state index in [9.17, 15) is 22.8 Å². The predicted molar refractivity (Wildman–Crippen MR) is 107 cm³/mol. The Morgan fingerprint density at radius 1 is 1.03 bits per heavy atom. The van der Waals surface area contributed by atoms with Gasteiger partial charge in [0.2, 0.25) is 10.0 Å². The summed E-state index contributed by atoms with van der Waals surface area (Å²) in [6, 6.07) is 8.16. The first-order valence-electron chi connectivity index (χ1n) is 9.55. The summed E-state index contributed by atoms with van der Waals surface area (Å²) in [4.78, 5) is 39.8. The first kappa shape index (κ1) is 20.3. The molecule has 1 aromatic carbocycles. The van der Waals surface area contributed by atoms with Crippen molar-refractivity contribution in [1.29, 1.82) is 0 Å². The van der Waals surface area contributed by atoms with E-state index in [0.717, 1.165) is 10.5 Å². The minimum Gasteiger partial charge on any atom is -0.459 e. The summed E-state index contributed by atoms with van der Waals surface area (Å²) in [5, 5.41) is 0. The van der Waals surface area contributed by atoms with Crippen LogP contribution >= 0.6 is 0 Å².